The Kier molecular flexibility index (Phi) is 4.50. The van der Waals surface area contributed by atoms with Crippen LogP contribution >= 0.6 is 0 Å². The summed E-state index contributed by atoms with van der Waals surface area (Å²) in [5, 5.41) is 10.3. The van der Waals surface area contributed by atoms with Crippen molar-refractivity contribution >= 4 is 5.91 Å². The first kappa shape index (κ1) is 16.2. The van der Waals surface area contributed by atoms with E-state index in [1.54, 1.807) is 0 Å². The molecule has 25 heavy (non-hydrogen) atoms. The van der Waals surface area contributed by atoms with Gasteiger partial charge in [-0.3, -0.25) is 10.1 Å². The summed E-state index contributed by atoms with van der Waals surface area (Å²) in [6, 6.07) is 9.79. The number of hydrogen-bond donors (Lipinski definition) is 2. The van der Waals surface area contributed by atoms with Crippen LogP contribution in [0.2, 0.25) is 0 Å². The summed E-state index contributed by atoms with van der Waals surface area (Å²) < 4.78 is 10.8. The normalized spacial score (nSPS) is 22.2. The Labute approximate surface area is 146 Å². The van der Waals surface area contributed by atoms with Gasteiger partial charge < -0.3 is 14.6 Å². The van der Waals surface area contributed by atoms with E-state index in [-0.39, 0.29) is 17.4 Å². The first-order chi connectivity index (χ1) is 12.3. The first-order valence-corrected chi connectivity index (χ1v) is 8.69. The van der Waals surface area contributed by atoms with Crippen LogP contribution in [-0.2, 0) is 22.5 Å². The Morgan fingerprint density at radius 1 is 1.24 bits per heavy atom. The number of aromatic nitrogens is 2. The molecule has 0 aliphatic carbocycles. The van der Waals surface area contributed by atoms with Gasteiger partial charge in [0.1, 0.15) is 0 Å². The number of benzene rings is 1. The van der Waals surface area contributed by atoms with Crippen LogP contribution in [-0.4, -0.2) is 41.8 Å². The SMILES string of the molecule is O=C1NCC2(CCOCC2)C1NCc1nc(Cc2ccccc2)no1. The fourth-order valence-corrected chi connectivity index (χ4v) is 3.70. The lowest BCUT2D eigenvalue weighted by molar-refractivity contribution is -0.122. The van der Waals surface area contributed by atoms with Crippen LogP contribution in [0.25, 0.3) is 0 Å². The summed E-state index contributed by atoms with van der Waals surface area (Å²) >= 11 is 0. The Balaban J connectivity index is 1.38. The second-order valence-corrected chi connectivity index (χ2v) is 6.77. The number of amides is 1. The minimum absolute atomic E-state index is 0.0472. The van der Waals surface area contributed by atoms with Gasteiger partial charge in [0.15, 0.2) is 5.82 Å². The summed E-state index contributed by atoms with van der Waals surface area (Å²) in [6.07, 6.45) is 2.40. The summed E-state index contributed by atoms with van der Waals surface area (Å²) in [4.78, 5) is 16.7. The number of hydrogen-bond acceptors (Lipinski definition) is 6. The van der Waals surface area contributed by atoms with Crippen molar-refractivity contribution in [2.75, 3.05) is 19.8 Å². The smallest absolute Gasteiger partial charge is 0.240 e. The van der Waals surface area contributed by atoms with E-state index in [1.165, 1.54) is 0 Å². The molecule has 1 spiro atoms. The predicted octanol–water partition coefficient (Wildman–Crippen LogP) is 1.05. The van der Waals surface area contributed by atoms with E-state index in [0.29, 0.717) is 44.4 Å². The molecular weight excluding hydrogens is 320 g/mol. The van der Waals surface area contributed by atoms with E-state index in [4.69, 9.17) is 9.26 Å². The summed E-state index contributed by atoms with van der Waals surface area (Å²) in [7, 11) is 0. The average molecular weight is 342 g/mol. The number of carbonyl (C=O) groups excluding carboxylic acids is 1. The van der Waals surface area contributed by atoms with Crippen molar-refractivity contribution in [2.24, 2.45) is 5.41 Å². The van der Waals surface area contributed by atoms with E-state index in [9.17, 15) is 4.79 Å². The van der Waals surface area contributed by atoms with Crippen LogP contribution < -0.4 is 10.6 Å². The number of rotatable bonds is 5. The van der Waals surface area contributed by atoms with Gasteiger partial charge >= 0.3 is 0 Å². The first-order valence-electron chi connectivity index (χ1n) is 8.69. The largest absolute Gasteiger partial charge is 0.381 e. The molecule has 2 aromatic rings. The maximum absolute atomic E-state index is 12.2. The van der Waals surface area contributed by atoms with Crippen molar-refractivity contribution in [2.45, 2.75) is 31.8 Å². The third kappa shape index (κ3) is 3.43. The van der Waals surface area contributed by atoms with Gasteiger partial charge in [-0.1, -0.05) is 35.5 Å². The molecule has 2 N–H and O–H groups in total. The van der Waals surface area contributed by atoms with Crippen molar-refractivity contribution < 1.29 is 14.1 Å². The van der Waals surface area contributed by atoms with E-state index in [2.05, 4.69) is 20.8 Å². The van der Waals surface area contributed by atoms with Crippen LogP contribution in [0.3, 0.4) is 0 Å². The van der Waals surface area contributed by atoms with Crippen LogP contribution in [0, 0.1) is 5.41 Å². The highest BCUT2D eigenvalue weighted by Gasteiger charge is 2.48. The lowest BCUT2D eigenvalue weighted by atomic mass is 9.76. The Morgan fingerprint density at radius 2 is 2.04 bits per heavy atom. The summed E-state index contributed by atoms with van der Waals surface area (Å²) in [5.41, 5.74) is 1.07. The maximum Gasteiger partial charge on any atom is 0.240 e. The minimum Gasteiger partial charge on any atom is -0.381 e. The lowest BCUT2D eigenvalue weighted by Gasteiger charge is -2.36. The molecule has 132 valence electrons. The van der Waals surface area contributed by atoms with E-state index < -0.39 is 0 Å². The van der Waals surface area contributed by atoms with E-state index >= 15 is 0 Å². The van der Waals surface area contributed by atoms with Crippen molar-refractivity contribution in [1.29, 1.82) is 0 Å². The molecule has 2 saturated heterocycles. The molecule has 7 nitrogen and oxygen atoms in total. The molecule has 1 atom stereocenters. The van der Waals surface area contributed by atoms with E-state index in [0.717, 1.165) is 18.4 Å². The molecule has 2 aliphatic heterocycles. The van der Waals surface area contributed by atoms with Crippen molar-refractivity contribution in [3.8, 4) is 0 Å². The quantitative estimate of drug-likeness (QED) is 0.844. The minimum atomic E-state index is -0.235. The van der Waals surface area contributed by atoms with Gasteiger partial charge in [-0.2, -0.15) is 4.98 Å². The Hall–Kier alpha value is -2.25. The zero-order chi connectivity index (χ0) is 17.1. The van der Waals surface area contributed by atoms with Gasteiger partial charge in [0.25, 0.3) is 0 Å². The molecule has 0 bridgehead atoms. The zero-order valence-electron chi connectivity index (χ0n) is 14.0. The fourth-order valence-electron chi connectivity index (χ4n) is 3.70. The highest BCUT2D eigenvalue weighted by Crippen LogP contribution is 2.37. The molecule has 1 unspecified atom stereocenters. The van der Waals surface area contributed by atoms with Gasteiger partial charge in [0.2, 0.25) is 11.8 Å². The topological polar surface area (TPSA) is 89.3 Å². The van der Waals surface area contributed by atoms with Crippen molar-refractivity contribution in [3.05, 3.63) is 47.6 Å². The number of nitrogens with one attached hydrogen (secondary N) is 2. The summed E-state index contributed by atoms with van der Waals surface area (Å²) in [5.74, 6) is 1.21. The molecule has 2 aliphatic rings. The molecule has 1 aromatic carbocycles. The molecule has 1 aromatic heterocycles. The maximum atomic E-state index is 12.2. The highest BCUT2D eigenvalue weighted by molar-refractivity contribution is 5.85. The predicted molar refractivity (Wildman–Crippen MR) is 89.7 cm³/mol. The van der Waals surface area contributed by atoms with Crippen LogP contribution in [0.1, 0.15) is 30.1 Å². The van der Waals surface area contributed by atoms with Crippen molar-refractivity contribution in [3.63, 3.8) is 0 Å². The second-order valence-electron chi connectivity index (χ2n) is 6.77. The second kappa shape index (κ2) is 6.93. The summed E-state index contributed by atoms with van der Waals surface area (Å²) in [6.45, 7) is 2.50. The molecule has 3 heterocycles. The molecule has 7 heteroatoms. The standard InChI is InChI=1S/C18H22N4O3/c23-17-16(18(12-20-17)6-8-24-9-7-18)19-11-15-21-14(22-25-15)10-13-4-2-1-3-5-13/h1-5,16,19H,6-12H2,(H,20,23). The molecule has 2 fully saturated rings. The van der Waals surface area contributed by atoms with Gasteiger partial charge in [-0.15, -0.1) is 0 Å². The van der Waals surface area contributed by atoms with Crippen LogP contribution in [0.5, 0.6) is 0 Å². The monoisotopic (exact) mass is 342 g/mol. The van der Waals surface area contributed by atoms with Crippen molar-refractivity contribution in [1.82, 2.24) is 20.8 Å². The third-order valence-corrected chi connectivity index (χ3v) is 5.15. The molecule has 4 rings (SSSR count). The number of nitrogens with zero attached hydrogens (tertiary/aromatic N) is 2. The molecular formula is C18H22N4O3. The zero-order valence-corrected chi connectivity index (χ0v) is 14.0. The van der Waals surface area contributed by atoms with Gasteiger partial charge in [0.05, 0.1) is 12.6 Å². The number of carbonyl (C=O) groups is 1. The van der Waals surface area contributed by atoms with Crippen LogP contribution in [0.4, 0.5) is 0 Å². The van der Waals surface area contributed by atoms with Gasteiger partial charge in [0, 0.05) is 31.6 Å². The van der Waals surface area contributed by atoms with Gasteiger partial charge in [-0.05, 0) is 18.4 Å². The fraction of sp³-hybridized carbons (Fsp3) is 0.500. The Morgan fingerprint density at radius 3 is 2.84 bits per heavy atom. The third-order valence-electron chi connectivity index (χ3n) is 5.15. The molecule has 0 radical (unpaired) electrons. The lowest BCUT2D eigenvalue weighted by Crippen LogP contribution is -2.49. The number of ether oxygens (including phenoxy) is 1. The molecule has 0 saturated carbocycles. The molecule has 1 amide bonds. The average Bonchev–Trinajstić information content (AvgIpc) is 3.20. The highest BCUT2D eigenvalue weighted by atomic mass is 16.5. The van der Waals surface area contributed by atoms with Crippen LogP contribution in [0.15, 0.2) is 34.9 Å². The Bertz CT molecular complexity index is 725. The van der Waals surface area contributed by atoms with Gasteiger partial charge in [-0.25, -0.2) is 0 Å². The van der Waals surface area contributed by atoms with E-state index in [1.807, 2.05) is 30.3 Å².